The molecule has 1 saturated heterocycles. The van der Waals surface area contributed by atoms with E-state index in [1.54, 1.807) is 6.07 Å². The van der Waals surface area contributed by atoms with Gasteiger partial charge >= 0.3 is 0 Å². The molecule has 0 spiro atoms. The Morgan fingerprint density at radius 1 is 1.11 bits per heavy atom. The minimum Gasteiger partial charge on any atom is -0.328 e. The van der Waals surface area contributed by atoms with Gasteiger partial charge in [-0.15, -0.1) is 24.8 Å². The molecule has 0 atom stereocenters. The molecule has 1 heterocycles. The monoisotopic (exact) mass is 298 g/mol. The quantitative estimate of drug-likeness (QED) is 0.910. The van der Waals surface area contributed by atoms with E-state index in [0.29, 0.717) is 12.6 Å². The van der Waals surface area contributed by atoms with Crippen LogP contribution in [-0.2, 0) is 6.54 Å². The van der Waals surface area contributed by atoms with Gasteiger partial charge in [-0.3, -0.25) is 4.90 Å². The molecule has 2 N–H and O–H groups in total. The summed E-state index contributed by atoms with van der Waals surface area (Å²) < 4.78 is 25.7. The summed E-state index contributed by atoms with van der Waals surface area (Å²) in [6.07, 6.45) is 1.95. The first-order chi connectivity index (χ1) is 7.65. The van der Waals surface area contributed by atoms with Crippen LogP contribution in [0.4, 0.5) is 8.78 Å². The zero-order valence-electron chi connectivity index (χ0n) is 9.94. The van der Waals surface area contributed by atoms with E-state index < -0.39 is 11.6 Å². The molecule has 6 heteroatoms. The van der Waals surface area contributed by atoms with E-state index in [1.165, 1.54) is 12.1 Å². The molecule has 0 aliphatic carbocycles. The zero-order chi connectivity index (χ0) is 11.5. The van der Waals surface area contributed by atoms with Gasteiger partial charge < -0.3 is 5.73 Å². The van der Waals surface area contributed by atoms with Crippen molar-refractivity contribution in [1.82, 2.24) is 4.90 Å². The second-order valence-electron chi connectivity index (χ2n) is 4.36. The number of rotatable bonds is 2. The van der Waals surface area contributed by atoms with Crippen LogP contribution in [-0.4, -0.2) is 24.0 Å². The van der Waals surface area contributed by atoms with Crippen LogP contribution in [0.3, 0.4) is 0 Å². The number of hydrogen-bond donors (Lipinski definition) is 1. The van der Waals surface area contributed by atoms with E-state index in [2.05, 4.69) is 4.90 Å². The third-order valence-electron chi connectivity index (χ3n) is 3.02. The molecule has 1 aliphatic rings. The lowest BCUT2D eigenvalue weighted by Crippen LogP contribution is -2.39. The highest BCUT2D eigenvalue weighted by Gasteiger charge is 2.16. The van der Waals surface area contributed by atoms with E-state index in [4.69, 9.17) is 5.73 Å². The molecule has 0 saturated carbocycles. The molecule has 2 rings (SSSR count). The van der Waals surface area contributed by atoms with Crippen molar-refractivity contribution in [1.29, 1.82) is 0 Å². The summed E-state index contributed by atoms with van der Waals surface area (Å²) in [4.78, 5) is 2.22. The van der Waals surface area contributed by atoms with Crippen LogP contribution in [0.1, 0.15) is 18.4 Å². The molecule has 2 nitrogen and oxygen atoms in total. The van der Waals surface area contributed by atoms with Crippen molar-refractivity contribution in [3.8, 4) is 0 Å². The van der Waals surface area contributed by atoms with Crippen molar-refractivity contribution in [2.45, 2.75) is 25.4 Å². The van der Waals surface area contributed by atoms with E-state index in [-0.39, 0.29) is 24.8 Å². The van der Waals surface area contributed by atoms with E-state index >= 15 is 0 Å². The first kappa shape index (κ1) is 17.6. The number of benzene rings is 1. The highest BCUT2D eigenvalue weighted by molar-refractivity contribution is 5.85. The maximum atomic E-state index is 13.0. The average Bonchev–Trinajstić information content (AvgIpc) is 2.27. The number of likely N-dealkylation sites (tertiary alicyclic amines) is 1. The fourth-order valence-corrected chi connectivity index (χ4v) is 2.01. The lowest BCUT2D eigenvalue weighted by Gasteiger charge is -2.30. The second kappa shape index (κ2) is 7.89. The molecule has 0 aromatic heterocycles. The standard InChI is InChI=1S/C12H16F2N2.2ClH/c13-11-2-1-9(7-12(11)14)8-16-5-3-10(15)4-6-16;;/h1-2,7,10H,3-6,8,15H2;2*1H. The van der Waals surface area contributed by atoms with E-state index in [1.807, 2.05) is 0 Å². The van der Waals surface area contributed by atoms with Crippen molar-refractivity contribution in [3.63, 3.8) is 0 Å². The number of nitrogens with zero attached hydrogens (tertiary/aromatic N) is 1. The molecule has 1 aromatic carbocycles. The van der Waals surface area contributed by atoms with E-state index in [0.717, 1.165) is 31.5 Å². The molecule has 104 valence electrons. The number of hydrogen-bond acceptors (Lipinski definition) is 2. The summed E-state index contributed by atoms with van der Waals surface area (Å²) >= 11 is 0. The van der Waals surface area contributed by atoms with Crippen LogP contribution < -0.4 is 5.73 Å². The fourth-order valence-electron chi connectivity index (χ4n) is 2.01. The van der Waals surface area contributed by atoms with Crippen molar-refractivity contribution in [3.05, 3.63) is 35.4 Å². The Morgan fingerprint density at radius 3 is 2.28 bits per heavy atom. The van der Waals surface area contributed by atoms with Gasteiger partial charge in [0.05, 0.1) is 0 Å². The van der Waals surface area contributed by atoms with Gasteiger partial charge in [0.1, 0.15) is 0 Å². The third-order valence-corrected chi connectivity index (χ3v) is 3.02. The number of piperidine rings is 1. The molecule has 1 aliphatic heterocycles. The lowest BCUT2D eigenvalue weighted by molar-refractivity contribution is 0.205. The van der Waals surface area contributed by atoms with Gasteiger partial charge in [-0.1, -0.05) is 6.07 Å². The average molecular weight is 299 g/mol. The maximum absolute atomic E-state index is 13.0. The summed E-state index contributed by atoms with van der Waals surface area (Å²) in [6, 6.07) is 4.37. The Morgan fingerprint density at radius 2 is 1.72 bits per heavy atom. The van der Waals surface area contributed by atoms with Gasteiger partial charge in [0, 0.05) is 12.6 Å². The van der Waals surface area contributed by atoms with Gasteiger partial charge in [-0.05, 0) is 43.6 Å². The van der Waals surface area contributed by atoms with Crippen LogP contribution >= 0.6 is 24.8 Å². The van der Waals surface area contributed by atoms with Gasteiger partial charge in [0.15, 0.2) is 11.6 Å². The van der Waals surface area contributed by atoms with Gasteiger partial charge in [-0.25, -0.2) is 8.78 Å². The summed E-state index contributed by atoms with van der Waals surface area (Å²) in [5.74, 6) is -1.56. The van der Waals surface area contributed by atoms with Crippen molar-refractivity contribution < 1.29 is 8.78 Å². The molecule has 0 bridgehead atoms. The van der Waals surface area contributed by atoms with Crippen molar-refractivity contribution in [2.24, 2.45) is 5.73 Å². The minimum absolute atomic E-state index is 0. The molecule has 18 heavy (non-hydrogen) atoms. The fraction of sp³-hybridized carbons (Fsp3) is 0.500. The molecule has 0 radical (unpaired) electrons. The second-order valence-corrected chi connectivity index (χ2v) is 4.36. The largest absolute Gasteiger partial charge is 0.328 e. The Bertz CT molecular complexity index is 369. The first-order valence-corrected chi connectivity index (χ1v) is 5.57. The Labute approximate surface area is 118 Å². The van der Waals surface area contributed by atoms with Crippen LogP contribution in [0.15, 0.2) is 18.2 Å². The minimum atomic E-state index is -0.788. The molecule has 1 fully saturated rings. The van der Waals surface area contributed by atoms with Gasteiger partial charge in [-0.2, -0.15) is 0 Å². The summed E-state index contributed by atoms with van der Waals surface area (Å²) in [6.45, 7) is 2.53. The van der Waals surface area contributed by atoms with Crippen LogP contribution in [0.2, 0.25) is 0 Å². The number of halogens is 4. The summed E-state index contributed by atoms with van der Waals surface area (Å²) in [7, 11) is 0. The van der Waals surface area contributed by atoms with Crippen LogP contribution in [0.25, 0.3) is 0 Å². The Hall–Kier alpha value is -0.420. The predicted octanol–water partition coefficient (Wildman–Crippen LogP) is 2.73. The van der Waals surface area contributed by atoms with Gasteiger partial charge in [0.2, 0.25) is 0 Å². The lowest BCUT2D eigenvalue weighted by atomic mass is 10.1. The smallest absolute Gasteiger partial charge is 0.159 e. The summed E-state index contributed by atoms with van der Waals surface area (Å²) in [5.41, 5.74) is 6.61. The molecule has 0 amide bonds. The Balaban J connectivity index is 0.00000144. The van der Waals surface area contributed by atoms with Crippen LogP contribution in [0, 0.1) is 11.6 Å². The SMILES string of the molecule is Cl.Cl.NC1CCN(Cc2ccc(F)c(F)c2)CC1. The maximum Gasteiger partial charge on any atom is 0.159 e. The number of nitrogens with two attached hydrogens (primary N) is 1. The van der Waals surface area contributed by atoms with E-state index in [9.17, 15) is 8.78 Å². The topological polar surface area (TPSA) is 29.3 Å². The van der Waals surface area contributed by atoms with Crippen LogP contribution in [0.5, 0.6) is 0 Å². The van der Waals surface area contributed by atoms with Gasteiger partial charge in [0.25, 0.3) is 0 Å². The highest BCUT2D eigenvalue weighted by atomic mass is 35.5. The highest BCUT2D eigenvalue weighted by Crippen LogP contribution is 2.14. The Kier molecular flexibility index (Phi) is 7.71. The third kappa shape index (κ3) is 4.69. The zero-order valence-corrected chi connectivity index (χ0v) is 11.6. The summed E-state index contributed by atoms with van der Waals surface area (Å²) in [5, 5.41) is 0. The normalized spacial score (nSPS) is 16.8. The molecule has 0 unspecified atom stereocenters. The molecular weight excluding hydrogens is 281 g/mol. The van der Waals surface area contributed by atoms with Crippen molar-refractivity contribution in [2.75, 3.05) is 13.1 Å². The first-order valence-electron chi connectivity index (χ1n) is 5.57. The van der Waals surface area contributed by atoms with Crippen molar-refractivity contribution >= 4 is 24.8 Å². The molecule has 1 aromatic rings. The predicted molar refractivity (Wildman–Crippen MR) is 73.3 cm³/mol. The molecular formula is C12H18Cl2F2N2.